The molecule has 1 saturated heterocycles. The zero-order chi connectivity index (χ0) is 24.6. The molecule has 0 bridgehead atoms. The van der Waals surface area contributed by atoms with E-state index in [1.807, 2.05) is 30.6 Å². The average molecular weight is 479 g/mol. The average Bonchev–Trinajstić information content (AvgIpc) is 3.58. The maximum Gasteiger partial charge on any atom is 0.244 e. The number of hydrogen-bond donors (Lipinski definition) is 1. The largest absolute Gasteiger partial charge is 0.497 e. The zero-order valence-electron chi connectivity index (χ0n) is 20.0. The van der Waals surface area contributed by atoms with Crippen LogP contribution in [0, 0.1) is 0 Å². The fraction of sp³-hybridized carbons (Fsp3) is 0.346. The highest BCUT2D eigenvalue weighted by Gasteiger charge is 2.26. The monoisotopic (exact) mass is 478 g/mol. The van der Waals surface area contributed by atoms with Crippen molar-refractivity contribution in [3.63, 3.8) is 0 Å². The number of benzene rings is 1. The minimum absolute atomic E-state index is 0.0295. The highest BCUT2D eigenvalue weighted by Crippen LogP contribution is 2.28. The Labute approximate surface area is 204 Å². The van der Waals surface area contributed by atoms with Gasteiger partial charge in [-0.15, -0.1) is 0 Å². The summed E-state index contributed by atoms with van der Waals surface area (Å²) in [5.74, 6) is 2.92. The van der Waals surface area contributed by atoms with Crippen LogP contribution in [0.1, 0.15) is 35.9 Å². The number of furan rings is 1. The molecule has 1 fully saturated rings. The molecule has 3 heterocycles. The number of rotatable bonds is 9. The standard InChI is InChI=1S/C26H30N4O5/c1-33-22-14-19(15-23(16-22)34-2)18-30-12-9-27-26(30)20-7-10-29(11-8-20)25(32)17-28-24(31)6-5-21-4-3-13-35-21/h3-6,9,12-16,20H,7-8,10-11,17-18H2,1-2H3,(H,28,31). The number of ether oxygens (including phenoxy) is 2. The third kappa shape index (κ3) is 6.32. The lowest BCUT2D eigenvalue weighted by molar-refractivity contribution is -0.133. The molecule has 3 aromatic rings. The van der Waals surface area contributed by atoms with Crippen molar-refractivity contribution in [2.24, 2.45) is 0 Å². The molecule has 1 aromatic carbocycles. The number of amides is 2. The number of likely N-dealkylation sites (tertiary alicyclic amines) is 1. The number of aromatic nitrogens is 2. The lowest BCUT2D eigenvalue weighted by Gasteiger charge is -2.32. The number of piperidine rings is 1. The molecule has 35 heavy (non-hydrogen) atoms. The van der Waals surface area contributed by atoms with E-state index in [4.69, 9.17) is 13.9 Å². The topological polar surface area (TPSA) is 98.8 Å². The summed E-state index contributed by atoms with van der Waals surface area (Å²) < 4.78 is 18.1. The van der Waals surface area contributed by atoms with Gasteiger partial charge in [-0.05, 0) is 48.7 Å². The number of methoxy groups -OCH3 is 2. The number of carbonyl (C=O) groups is 2. The number of hydrogen-bond acceptors (Lipinski definition) is 6. The molecule has 4 rings (SSSR count). The highest BCUT2D eigenvalue weighted by atomic mass is 16.5. The van der Waals surface area contributed by atoms with Crippen LogP contribution >= 0.6 is 0 Å². The smallest absolute Gasteiger partial charge is 0.244 e. The summed E-state index contributed by atoms with van der Waals surface area (Å²) in [5.41, 5.74) is 1.06. The Bertz CT molecular complexity index is 1140. The molecular weight excluding hydrogens is 448 g/mol. The predicted molar refractivity (Wildman–Crippen MR) is 130 cm³/mol. The third-order valence-corrected chi connectivity index (χ3v) is 6.08. The van der Waals surface area contributed by atoms with E-state index < -0.39 is 0 Å². The molecule has 0 atom stereocenters. The van der Waals surface area contributed by atoms with Crippen molar-refractivity contribution in [3.8, 4) is 11.5 Å². The lowest BCUT2D eigenvalue weighted by Crippen LogP contribution is -2.43. The Morgan fingerprint density at radius 1 is 1.17 bits per heavy atom. The van der Waals surface area contributed by atoms with Crippen molar-refractivity contribution in [2.75, 3.05) is 33.9 Å². The SMILES string of the molecule is COc1cc(Cn2ccnc2C2CCN(C(=O)CNC(=O)C=Cc3ccco3)CC2)cc(OC)c1. The first kappa shape index (κ1) is 24.1. The predicted octanol–water partition coefficient (Wildman–Crippen LogP) is 3.08. The molecule has 1 N–H and O–H groups in total. The van der Waals surface area contributed by atoms with E-state index in [0.29, 0.717) is 25.4 Å². The second-order valence-corrected chi connectivity index (χ2v) is 8.36. The van der Waals surface area contributed by atoms with E-state index in [9.17, 15) is 9.59 Å². The third-order valence-electron chi connectivity index (χ3n) is 6.08. The Hall–Kier alpha value is -4.01. The van der Waals surface area contributed by atoms with Gasteiger partial charge in [0.1, 0.15) is 23.1 Å². The van der Waals surface area contributed by atoms with Crippen LogP contribution in [-0.2, 0) is 16.1 Å². The molecule has 0 spiro atoms. The van der Waals surface area contributed by atoms with E-state index >= 15 is 0 Å². The quantitative estimate of drug-likeness (QED) is 0.475. The highest BCUT2D eigenvalue weighted by molar-refractivity contribution is 5.94. The number of imidazole rings is 1. The molecule has 1 aliphatic rings. The Kier molecular flexibility index (Phi) is 7.87. The van der Waals surface area contributed by atoms with Crippen LogP contribution in [0.25, 0.3) is 6.08 Å². The maximum atomic E-state index is 12.6. The van der Waals surface area contributed by atoms with E-state index in [0.717, 1.165) is 35.7 Å². The van der Waals surface area contributed by atoms with Gasteiger partial charge in [-0.3, -0.25) is 9.59 Å². The van der Waals surface area contributed by atoms with Crippen LogP contribution in [0.5, 0.6) is 11.5 Å². The van der Waals surface area contributed by atoms with E-state index in [1.54, 1.807) is 37.3 Å². The summed E-state index contributed by atoms with van der Waals surface area (Å²) in [4.78, 5) is 31.0. The van der Waals surface area contributed by atoms with Crippen LogP contribution in [0.2, 0.25) is 0 Å². The minimum Gasteiger partial charge on any atom is -0.497 e. The molecule has 0 aliphatic carbocycles. The molecule has 184 valence electrons. The number of nitrogens with one attached hydrogen (secondary N) is 1. The second-order valence-electron chi connectivity index (χ2n) is 8.36. The van der Waals surface area contributed by atoms with Gasteiger partial charge in [0.2, 0.25) is 11.8 Å². The van der Waals surface area contributed by atoms with Crippen molar-refractivity contribution < 1.29 is 23.5 Å². The second kappa shape index (κ2) is 11.4. The Morgan fingerprint density at radius 2 is 1.91 bits per heavy atom. The van der Waals surface area contributed by atoms with Gasteiger partial charge in [-0.25, -0.2) is 4.98 Å². The van der Waals surface area contributed by atoms with Gasteiger partial charge in [0.25, 0.3) is 0 Å². The van der Waals surface area contributed by atoms with Crippen molar-refractivity contribution in [3.05, 3.63) is 72.2 Å². The minimum atomic E-state index is -0.333. The first-order valence-electron chi connectivity index (χ1n) is 11.6. The summed E-state index contributed by atoms with van der Waals surface area (Å²) in [5, 5.41) is 2.64. The Balaban J connectivity index is 1.29. The van der Waals surface area contributed by atoms with E-state index in [-0.39, 0.29) is 24.3 Å². The summed E-state index contributed by atoms with van der Waals surface area (Å²) in [7, 11) is 3.28. The normalized spacial score (nSPS) is 14.3. The molecular formula is C26H30N4O5. The van der Waals surface area contributed by atoms with Crippen LogP contribution in [0.4, 0.5) is 0 Å². The molecule has 0 radical (unpaired) electrons. The molecule has 9 heteroatoms. The molecule has 0 unspecified atom stereocenters. The molecule has 0 saturated carbocycles. The fourth-order valence-electron chi connectivity index (χ4n) is 4.23. The Morgan fingerprint density at radius 3 is 2.57 bits per heavy atom. The van der Waals surface area contributed by atoms with Crippen molar-refractivity contribution in [2.45, 2.75) is 25.3 Å². The number of carbonyl (C=O) groups excluding carboxylic acids is 2. The van der Waals surface area contributed by atoms with Crippen LogP contribution in [-0.4, -0.2) is 60.1 Å². The summed E-state index contributed by atoms with van der Waals surface area (Å²) in [6, 6.07) is 9.32. The zero-order valence-corrected chi connectivity index (χ0v) is 20.0. The first-order valence-corrected chi connectivity index (χ1v) is 11.6. The maximum absolute atomic E-state index is 12.6. The van der Waals surface area contributed by atoms with Crippen molar-refractivity contribution in [1.82, 2.24) is 19.8 Å². The van der Waals surface area contributed by atoms with Crippen molar-refractivity contribution in [1.29, 1.82) is 0 Å². The van der Waals surface area contributed by atoms with Gasteiger partial charge in [-0.1, -0.05) is 0 Å². The van der Waals surface area contributed by atoms with Gasteiger partial charge in [-0.2, -0.15) is 0 Å². The van der Waals surface area contributed by atoms with Crippen molar-refractivity contribution >= 4 is 17.9 Å². The van der Waals surface area contributed by atoms with Gasteiger partial charge in [0, 0.05) is 50.1 Å². The number of nitrogens with zero attached hydrogens (tertiary/aromatic N) is 3. The van der Waals surface area contributed by atoms with Gasteiger partial charge >= 0.3 is 0 Å². The summed E-state index contributed by atoms with van der Waals surface area (Å²) in [6.07, 6.45) is 9.88. The van der Waals surface area contributed by atoms with Crippen LogP contribution < -0.4 is 14.8 Å². The molecule has 9 nitrogen and oxygen atoms in total. The summed E-state index contributed by atoms with van der Waals surface area (Å²) >= 11 is 0. The van der Waals surface area contributed by atoms with E-state index in [1.165, 1.54) is 12.3 Å². The molecule has 2 aromatic heterocycles. The van der Waals surface area contributed by atoms with Gasteiger partial charge < -0.3 is 28.7 Å². The molecule has 1 aliphatic heterocycles. The van der Waals surface area contributed by atoms with Gasteiger partial charge in [0.15, 0.2) is 0 Å². The van der Waals surface area contributed by atoms with Crippen LogP contribution in [0.15, 0.2) is 59.5 Å². The van der Waals surface area contributed by atoms with Crippen LogP contribution in [0.3, 0.4) is 0 Å². The summed E-state index contributed by atoms with van der Waals surface area (Å²) in [6.45, 7) is 1.88. The van der Waals surface area contributed by atoms with E-state index in [2.05, 4.69) is 14.9 Å². The lowest BCUT2D eigenvalue weighted by atomic mass is 9.95. The van der Waals surface area contributed by atoms with Gasteiger partial charge in [0.05, 0.1) is 27.0 Å². The first-order chi connectivity index (χ1) is 17.1. The molecule has 2 amide bonds. The fourth-order valence-corrected chi connectivity index (χ4v) is 4.23.